The zero-order valence-electron chi connectivity index (χ0n) is 13.9. The standard InChI is InChI=1S/C18H28O3/c1-13(2)6-8-20-17-11-16(12-19)18(10-15(17)5)21-9-7-14(3)4/h10-14H,6-9H2,1-5H3. The van der Waals surface area contributed by atoms with Crippen LogP contribution in [0, 0.1) is 18.8 Å². The van der Waals surface area contributed by atoms with Gasteiger partial charge in [-0.05, 0) is 49.3 Å². The summed E-state index contributed by atoms with van der Waals surface area (Å²) in [7, 11) is 0. The van der Waals surface area contributed by atoms with Crippen LogP contribution in [0.3, 0.4) is 0 Å². The first-order valence-electron chi connectivity index (χ1n) is 7.79. The third-order valence-corrected chi connectivity index (χ3v) is 3.34. The van der Waals surface area contributed by atoms with Gasteiger partial charge in [-0.2, -0.15) is 0 Å². The summed E-state index contributed by atoms with van der Waals surface area (Å²) in [6, 6.07) is 3.68. The second-order valence-electron chi connectivity index (χ2n) is 6.34. The van der Waals surface area contributed by atoms with E-state index in [0.717, 1.165) is 30.4 Å². The summed E-state index contributed by atoms with van der Waals surface area (Å²) in [5.74, 6) is 2.62. The highest BCUT2D eigenvalue weighted by Crippen LogP contribution is 2.28. The number of aldehydes is 1. The molecule has 0 spiro atoms. The first-order valence-corrected chi connectivity index (χ1v) is 7.79. The van der Waals surface area contributed by atoms with Crippen molar-refractivity contribution in [1.29, 1.82) is 0 Å². The topological polar surface area (TPSA) is 35.5 Å². The summed E-state index contributed by atoms with van der Waals surface area (Å²) in [5, 5.41) is 0. The van der Waals surface area contributed by atoms with Crippen LogP contribution in [0.15, 0.2) is 12.1 Å². The Kier molecular flexibility index (Phi) is 7.27. The Morgan fingerprint density at radius 2 is 1.48 bits per heavy atom. The molecule has 0 saturated carbocycles. The lowest BCUT2D eigenvalue weighted by molar-refractivity contribution is 0.111. The van der Waals surface area contributed by atoms with Gasteiger partial charge in [-0.3, -0.25) is 4.79 Å². The van der Waals surface area contributed by atoms with Gasteiger partial charge in [0.15, 0.2) is 6.29 Å². The number of benzene rings is 1. The molecule has 1 rings (SSSR count). The van der Waals surface area contributed by atoms with Crippen LogP contribution in [0.1, 0.15) is 56.5 Å². The first kappa shape index (κ1) is 17.5. The molecule has 21 heavy (non-hydrogen) atoms. The molecule has 0 amide bonds. The molecular weight excluding hydrogens is 264 g/mol. The van der Waals surface area contributed by atoms with E-state index in [4.69, 9.17) is 9.47 Å². The smallest absolute Gasteiger partial charge is 0.153 e. The van der Waals surface area contributed by atoms with E-state index in [9.17, 15) is 4.79 Å². The van der Waals surface area contributed by atoms with Gasteiger partial charge in [0.05, 0.1) is 18.8 Å². The molecular formula is C18H28O3. The number of ether oxygens (including phenoxy) is 2. The summed E-state index contributed by atoms with van der Waals surface area (Å²) >= 11 is 0. The van der Waals surface area contributed by atoms with E-state index >= 15 is 0 Å². The van der Waals surface area contributed by atoms with Crippen molar-refractivity contribution in [3.8, 4) is 11.5 Å². The van der Waals surface area contributed by atoms with Crippen LogP contribution in [0.4, 0.5) is 0 Å². The quantitative estimate of drug-likeness (QED) is 0.621. The monoisotopic (exact) mass is 292 g/mol. The van der Waals surface area contributed by atoms with Gasteiger partial charge in [0.2, 0.25) is 0 Å². The zero-order valence-corrected chi connectivity index (χ0v) is 13.9. The van der Waals surface area contributed by atoms with Crippen molar-refractivity contribution in [2.45, 2.75) is 47.5 Å². The van der Waals surface area contributed by atoms with Crippen molar-refractivity contribution in [2.24, 2.45) is 11.8 Å². The highest BCUT2D eigenvalue weighted by molar-refractivity contribution is 5.80. The maximum atomic E-state index is 11.2. The molecule has 118 valence electrons. The van der Waals surface area contributed by atoms with Crippen molar-refractivity contribution in [2.75, 3.05) is 13.2 Å². The molecule has 0 heterocycles. The number of aryl methyl sites for hydroxylation is 1. The van der Waals surface area contributed by atoms with E-state index in [1.165, 1.54) is 0 Å². The van der Waals surface area contributed by atoms with Gasteiger partial charge in [-0.15, -0.1) is 0 Å². The third kappa shape index (κ3) is 6.19. The number of hydrogen-bond acceptors (Lipinski definition) is 3. The van der Waals surface area contributed by atoms with Gasteiger partial charge in [0.25, 0.3) is 0 Å². The van der Waals surface area contributed by atoms with Crippen molar-refractivity contribution in [3.63, 3.8) is 0 Å². The SMILES string of the molecule is Cc1cc(OCCC(C)C)c(C=O)cc1OCCC(C)C. The molecule has 0 atom stereocenters. The van der Waals surface area contributed by atoms with Gasteiger partial charge in [0.1, 0.15) is 11.5 Å². The minimum atomic E-state index is 0.559. The van der Waals surface area contributed by atoms with Crippen molar-refractivity contribution < 1.29 is 14.3 Å². The van der Waals surface area contributed by atoms with Crippen LogP contribution in [-0.2, 0) is 0 Å². The molecule has 0 aromatic heterocycles. The van der Waals surface area contributed by atoms with E-state index in [0.29, 0.717) is 36.4 Å². The van der Waals surface area contributed by atoms with E-state index in [1.807, 2.05) is 13.0 Å². The molecule has 0 aliphatic carbocycles. The fourth-order valence-electron chi connectivity index (χ4n) is 1.86. The number of hydrogen-bond donors (Lipinski definition) is 0. The van der Waals surface area contributed by atoms with E-state index in [2.05, 4.69) is 27.7 Å². The summed E-state index contributed by atoms with van der Waals surface area (Å²) < 4.78 is 11.5. The molecule has 3 heteroatoms. The number of rotatable bonds is 9. The molecule has 1 aromatic carbocycles. The molecule has 1 aromatic rings. The molecule has 0 N–H and O–H groups in total. The molecule has 0 fully saturated rings. The van der Waals surface area contributed by atoms with Crippen LogP contribution < -0.4 is 9.47 Å². The maximum Gasteiger partial charge on any atom is 0.153 e. The second kappa shape index (κ2) is 8.71. The van der Waals surface area contributed by atoms with Crippen LogP contribution in [-0.4, -0.2) is 19.5 Å². The second-order valence-corrected chi connectivity index (χ2v) is 6.34. The first-order chi connectivity index (χ1) is 9.93. The number of carbonyl (C=O) groups excluding carboxylic acids is 1. The molecule has 0 unspecified atom stereocenters. The van der Waals surface area contributed by atoms with Gasteiger partial charge in [-0.25, -0.2) is 0 Å². The average Bonchev–Trinajstić information content (AvgIpc) is 2.40. The fourth-order valence-corrected chi connectivity index (χ4v) is 1.86. The summed E-state index contributed by atoms with van der Waals surface area (Å²) in [5.41, 5.74) is 1.56. The highest BCUT2D eigenvalue weighted by Gasteiger charge is 2.10. The Balaban J connectivity index is 2.74. The van der Waals surface area contributed by atoms with Crippen LogP contribution in [0.25, 0.3) is 0 Å². The Bertz CT molecular complexity index is 450. The zero-order chi connectivity index (χ0) is 15.8. The Labute approximate surface area is 128 Å². The van der Waals surface area contributed by atoms with Crippen LogP contribution >= 0.6 is 0 Å². The van der Waals surface area contributed by atoms with E-state index in [-0.39, 0.29) is 0 Å². The normalized spacial score (nSPS) is 11.0. The molecule has 0 saturated heterocycles. The summed E-state index contributed by atoms with van der Waals surface area (Å²) in [4.78, 5) is 11.2. The lowest BCUT2D eigenvalue weighted by Crippen LogP contribution is -2.06. The van der Waals surface area contributed by atoms with E-state index in [1.54, 1.807) is 6.07 Å². The Morgan fingerprint density at radius 3 is 1.95 bits per heavy atom. The van der Waals surface area contributed by atoms with Crippen molar-refractivity contribution in [3.05, 3.63) is 23.3 Å². The predicted octanol–water partition coefficient (Wildman–Crippen LogP) is 4.66. The number of carbonyl (C=O) groups is 1. The average molecular weight is 292 g/mol. The molecule has 3 nitrogen and oxygen atoms in total. The molecule has 0 bridgehead atoms. The minimum absolute atomic E-state index is 0.559. The van der Waals surface area contributed by atoms with Gasteiger partial charge < -0.3 is 9.47 Å². The third-order valence-electron chi connectivity index (χ3n) is 3.34. The lowest BCUT2D eigenvalue weighted by Gasteiger charge is -2.15. The Hall–Kier alpha value is -1.51. The van der Waals surface area contributed by atoms with Crippen LogP contribution in [0.5, 0.6) is 11.5 Å². The van der Waals surface area contributed by atoms with Crippen molar-refractivity contribution in [1.82, 2.24) is 0 Å². The molecule has 0 aliphatic heterocycles. The van der Waals surface area contributed by atoms with Gasteiger partial charge >= 0.3 is 0 Å². The fraction of sp³-hybridized carbons (Fsp3) is 0.611. The maximum absolute atomic E-state index is 11.2. The van der Waals surface area contributed by atoms with Crippen molar-refractivity contribution >= 4 is 6.29 Å². The van der Waals surface area contributed by atoms with E-state index < -0.39 is 0 Å². The molecule has 0 radical (unpaired) electrons. The lowest BCUT2D eigenvalue weighted by atomic mass is 10.1. The summed E-state index contributed by atoms with van der Waals surface area (Å²) in [6.07, 6.45) is 2.81. The molecule has 0 aliphatic rings. The van der Waals surface area contributed by atoms with Crippen LogP contribution in [0.2, 0.25) is 0 Å². The summed E-state index contributed by atoms with van der Waals surface area (Å²) in [6.45, 7) is 11.9. The largest absolute Gasteiger partial charge is 0.493 e. The van der Waals surface area contributed by atoms with Gasteiger partial charge in [-0.1, -0.05) is 27.7 Å². The van der Waals surface area contributed by atoms with Gasteiger partial charge in [0, 0.05) is 0 Å². The predicted molar refractivity (Wildman–Crippen MR) is 86.5 cm³/mol. The highest BCUT2D eigenvalue weighted by atomic mass is 16.5. The minimum Gasteiger partial charge on any atom is -0.493 e. The Morgan fingerprint density at radius 1 is 0.952 bits per heavy atom.